The predicted octanol–water partition coefficient (Wildman–Crippen LogP) is -0.600. The maximum absolute atomic E-state index is 7.00. The van der Waals surface area contributed by atoms with Crippen LogP contribution in [0.4, 0.5) is 0 Å². The zero-order valence-corrected chi connectivity index (χ0v) is 5.86. The first-order valence-corrected chi connectivity index (χ1v) is 2.57. The van der Waals surface area contributed by atoms with Gasteiger partial charge in [-0.05, 0) is 13.1 Å². The summed E-state index contributed by atoms with van der Waals surface area (Å²) in [5, 5.41) is 10.1. The number of nitrogens with one attached hydrogen (secondary N) is 1. The van der Waals surface area contributed by atoms with Gasteiger partial charge < -0.3 is 15.9 Å². The van der Waals surface area contributed by atoms with Crippen molar-refractivity contribution < 1.29 is 10.6 Å². The van der Waals surface area contributed by atoms with E-state index in [-0.39, 0.29) is 5.48 Å². The third-order valence-corrected chi connectivity index (χ3v) is 0.500. The van der Waals surface area contributed by atoms with Crippen LogP contribution in [0.3, 0.4) is 0 Å². The molecule has 0 unspecified atom stereocenters. The summed E-state index contributed by atoms with van der Waals surface area (Å²) in [4.78, 5) is 0. The molecule has 0 aliphatic heterocycles. The third kappa shape index (κ3) is 39.6. The minimum atomic E-state index is 0. The molecule has 54 valence electrons. The van der Waals surface area contributed by atoms with E-state index in [1.54, 1.807) is 0 Å². The van der Waals surface area contributed by atoms with Gasteiger partial charge in [-0.3, -0.25) is 0 Å². The molecule has 0 heterocycles. The highest BCUT2D eigenvalue weighted by atomic mass is 16.2. The van der Waals surface area contributed by atoms with E-state index in [0.29, 0.717) is 0 Å². The van der Waals surface area contributed by atoms with Gasteiger partial charge in [0.05, 0.1) is 0 Å². The lowest BCUT2D eigenvalue weighted by atomic mass is 10.7. The maximum Gasteiger partial charge on any atom is 0.0319 e. The Morgan fingerprint density at radius 1 is 1.12 bits per heavy atom. The molecule has 0 amide bonds. The molecule has 0 aromatic heterocycles. The summed E-state index contributed by atoms with van der Waals surface area (Å²) in [6.07, 6.45) is 0. The van der Waals surface area contributed by atoms with E-state index < -0.39 is 0 Å². The number of aliphatic hydroxyl groups excluding tert-OH is 1. The zero-order valence-electron chi connectivity index (χ0n) is 5.86. The monoisotopic (exact) mass is 123 g/mol. The molecule has 0 aliphatic carbocycles. The lowest BCUT2D eigenvalue weighted by Gasteiger charge is -1.86. The standard InChI is InChI=1S/C4H11N.CH4O.H2O/c1-3-5-4-2;1-2;/h5H,3-4H2,1-2H3;2H,1H3;1H2. The van der Waals surface area contributed by atoms with Gasteiger partial charge in [-0.2, -0.15) is 0 Å². The van der Waals surface area contributed by atoms with Crippen molar-refractivity contribution in [1.29, 1.82) is 0 Å². The highest BCUT2D eigenvalue weighted by Gasteiger charge is 1.62. The minimum absolute atomic E-state index is 0. The van der Waals surface area contributed by atoms with E-state index in [0.717, 1.165) is 20.2 Å². The van der Waals surface area contributed by atoms with Gasteiger partial charge in [0, 0.05) is 7.11 Å². The Kier molecular flexibility index (Phi) is 56.1. The van der Waals surface area contributed by atoms with E-state index in [4.69, 9.17) is 5.11 Å². The fourth-order valence-electron chi connectivity index (χ4n) is 0.250. The Balaban J connectivity index is -0.0000000750. The van der Waals surface area contributed by atoms with Crippen LogP contribution in [0, 0.1) is 0 Å². The first kappa shape index (κ1) is 15.7. The second-order valence-electron chi connectivity index (χ2n) is 0.957. The molecule has 3 heteroatoms. The van der Waals surface area contributed by atoms with E-state index in [2.05, 4.69) is 19.2 Å². The van der Waals surface area contributed by atoms with E-state index in [1.165, 1.54) is 0 Å². The average Bonchev–Trinajstić information content (AvgIpc) is 1.75. The van der Waals surface area contributed by atoms with Gasteiger partial charge in [0.25, 0.3) is 0 Å². The Labute approximate surface area is 51.0 Å². The quantitative estimate of drug-likeness (QED) is 0.515. The minimum Gasteiger partial charge on any atom is -0.412 e. The van der Waals surface area contributed by atoms with Gasteiger partial charge in [0.15, 0.2) is 0 Å². The van der Waals surface area contributed by atoms with Crippen LogP contribution >= 0.6 is 0 Å². The average molecular weight is 123 g/mol. The third-order valence-electron chi connectivity index (χ3n) is 0.500. The second kappa shape index (κ2) is 28.7. The summed E-state index contributed by atoms with van der Waals surface area (Å²) in [6, 6.07) is 0. The molecule has 0 saturated heterocycles. The van der Waals surface area contributed by atoms with Crippen LogP contribution in [0.5, 0.6) is 0 Å². The van der Waals surface area contributed by atoms with Gasteiger partial charge >= 0.3 is 0 Å². The summed E-state index contributed by atoms with van der Waals surface area (Å²) >= 11 is 0. The van der Waals surface area contributed by atoms with Gasteiger partial charge in [-0.15, -0.1) is 0 Å². The molecule has 0 atom stereocenters. The van der Waals surface area contributed by atoms with Crippen LogP contribution in [0.25, 0.3) is 0 Å². The molecule has 0 fully saturated rings. The number of rotatable bonds is 2. The van der Waals surface area contributed by atoms with Crippen LogP contribution < -0.4 is 5.32 Å². The van der Waals surface area contributed by atoms with E-state index >= 15 is 0 Å². The first-order chi connectivity index (χ1) is 3.41. The fraction of sp³-hybridized carbons (Fsp3) is 1.00. The van der Waals surface area contributed by atoms with Gasteiger partial charge in [0.2, 0.25) is 0 Å². The summed E-state index contributed by atoms with van der Waals surface area (Å²) in [6.45, 7) is 6.39. The summed E-state index contributed by atoms with van der Waals surface area (Å²) in [7, 11) is 1.00. The van der Waals surface area contributed by atoms with Crippen molar-refractivity contribution in [2.24, 2.45) is 0 Å². The molecule has 8 heavy (non-hydrogen) atoms. The second-order valence-corrected chi connectivity index (χ2v) is 0.957. The van der Waals surface area contributed by atoms with Crippen molar-refractivity contribution in [3.8, 4) is 0 Å². The normalized spacial score (nSPS) is 6.00. The Hall–Kier alpha value is -0.120. The highest BCUT2D eigenvalue weighted by molar-refractivity contribution is 4.27. The number of hydrogen-bond donors (Lipinski definition) is 2. The molecule has 0 radical (unpaired) electrons. The number of hydrogen-bond acceptors (Lipinski definition) is 2. The molecular weight excluding hydrogens is 106 g/mol. The van der Waals surface area contributed by atoms with Gasteiger partial charge in [-0.1, -0.05) is 13.8 Å². The number of aliphatic hydroxyl groups is 1. The first-order valence-electron chi connectivity index (χ1n) is 2.57. The lowest BCUT2D eigenvalue weighted by molar-refractivity contribution is 0.399. The van der Waals surface area contributed by atoms with Crippen molar-refractivity contribution in [3.05, 3.63) is 0 Å². The van der Waals surface area contributed by atoms with Crippen molar-refractivity contribution >= 4 is 0 Å². The van der Waals surface area contributed by atoms with Crippen LogP contribution in [-0.2, 0) is 0 Å². The molecule has 0 aromatic carbocycles. The fourth-order valence-corrected chi connectivity index (χ4v) is 0.250. The van der Waals surface area contributed by atoms with Crippen LogP contribution in [0.1, 0.15) is 13.8 Å². The SMILES string of the molecule is CCNCC.CO.O. The molecule has 3 nitrogen and oxygen atoms in total. The summed E-state index contributed by atoms with van der Waals surface area (Å²) < 4.78 is 0. The molecule has 0 bridgehead atoms. The largest absolute Gasteiger partial charge is 0.412 e. The summed E-state index contributed by atoms with van der Waals surface area (Å²) in [5.41, 5.74) is 0. The molecule has 0 spiro atoms. The predicted molar refractivity (Wildman–Crippen MR) is 36.0 cm³/mol. The van der Waals surface area contributed by atoms with Gasteiger partial charge in [-0.25, -0.2) is 0 Å². The van der Waals surface area contributed by atoms with Gasteiger partial charge in [0.1, 0.15) is 0 Å². The van der Waals surface area contributed by atoms with Crippen LogP contribution in [0.15, 0.2) is 0 Å². The van der Waals surface area contributed by atoms with E-state index in [1.807, 2.05) is 0 Å². The maximum atomic E-state index is 7.00. The van der Waals surface area contributed by atoms with Crippen molar-refractivity contribution in [2.45, 2.75) is 13.8 Å². The molecule has 4 N–H and O–H groups in total. The molecule has 0 aromatic rings. The van der Waals surface area contributed by atoms with Crippen molar-refractivity contribution in [1.82, 2.24) is 5.32 Å². The smallest absolute Gasteiger partial charge is 0.0319 e. The summed E-state index contributed by atoms with van der Waals surface area (Å²) in [5.74, 6) is 0. The van der Waals surface area contributed by atoms with E-state index in [9.17, 15) is 0 Å². The molecular formula is C5H17NO2. The molecule has 0 aliphatic rings. The van der Waals surface area contributed by atoms with Crippen LogP contribution in [-0.4, -0.2) is 30.8 Å². The lowest BCUT2D eigenvalue weighted by Crippen LogP contribution is -2.09. The highest BCUT2D eigenvalue weighted by Crippen LogP contribution is 1.47. The Morgan fingerprint density at radius 3 is 1.38 bits per heavy atom. The zero-order chi connectivity index (χ0) is 6.12. The van der Waals surface area contributed by atoms with Crippen molar-refractivity contribution in [3.63, 3.8) is 0 Å². The van der Waals surface area contributed by atoms with Crippen LogP contribution in [0.2, 0.25) is 0 Å². The molecule has 0 rings (SSSR count). The van der Waals surface area contributed by atoms with Crippen molar-refractivity contribution in [2.75, 3.05) is 20.2 Å². The Morgan fingerprint density at radius 2 is 1.38 bits per heavy atom. The topological polar surface area (TPSA) is 63.8 Å². The molecule has 0 saturated carbocycles. The Bertz CT molecular complexity index is 17.9.